The van der Waals surface area contributed by atoms with Crippen molar-refractivity contribution in [1.29, 1.82) is 0 Å². The van der Waals surface area contributed by atoms with Gasteiger partial charge in [-0.25, -0.2) is 9.97 Å². The van der Waals surface area contributed by atoms with Gasteiger partial charge in [-0.1, -0.05) is 182 Å². The van der Waals surface area contributed by atoms with Gasteiger partial charge in [-0.2, -0.15) is 0 Å². The molecule has 15 rings (SSSR count). The van der Waals surface area contributed by atoms with E-state index in [-0.39, 0.29) is 0 Å². The van der Waals surface area contributed by atoms with Crippen molar-refractivity contribution in [2.75, 3.05) is 0 Å². The van der Waals surface area contributed by atoms with E-state index in [2.05, 4.69) is 250 Å². The predicted molar refractivity (Wildman–Crippen MR) is 286 cm³/mol. The Morgan fingerprint density at radius 1 is 0.217 bits per heavy atom. The van der Waals surface area contributed by atoms with E-state index in [4.69, 9.17) is 9.97 Å². The fourth-order valence-corrected chi connectivity index (χ4v) is 11.5. The number of aromatic nitrogens is 5. The average Bonchev–Trinajstić information content (AvgIpc) is 4.06. The Balaban J connectivity index is 1.13. The Morgan fingerprint density at radius 3 is 0.812 bits per heavy atom. The smallest absolute Gasteiger partial charge is 0.166 e. The number of hydrogen-bond donors (Lipinski definition) is 0. The minimum atomic E-state index is 0.624. The monoisotopic (exact) mass is 877 g/mol. The van der Waals surface area contributed by atoms with Crippen molar-refractivity contribution in [3.05, 3.63) is 237 Å². The quantitative estimate of drug-likeness (QED) is 0.177. The molecule has 4 heterocycles. The zero-order valence-corrected chi connectivity index (χ0v) is 37.3. The van der Waals surface area contributed by atoms with Crippen molar-refractivity contribution in [2.45, 2.75) is 0 Å². The molecule has 5 heteroatoms. The lowest BCUT2D eigenvalue weighted by atomic mass is 9.80. The Kier molecular flexibility index (Phi) is 8.00. The lowest BCUT2D eigenvalue weighted by molar-refractivity contribution is 0.991. The standard InChI is InChI=1S/C64H39N5/c1-2-20-41-40(19-1)42-21-3-5-23-44(42)52-37-54(61(38-53(52)45-24-6-4-22-43(41)45)67-55-31-13-7-25-46(55)47-26-8-14-32-56(47)67)64-65-62(68-57-33-15-9-27-48(57)49-28-10-16-34-58(49)68)39-63(66-64)69-59-35-17-11-29-50(59)51-30-12-18-36-60(51)69/h1-39H. The molecule has 0 N–H and O–H groups in total. The molecular formula is C64H39N5. The third-order valence-corrected chi connectivity index (χ3v) is 14.5. The number of fused-ring (bicyclic) bond motifs is 17. The molecule has 0 unspecified atom stereocenters. The van der Waals surface area contributed by atoms with Crippen LogP contribution in [0.1, 0.15) is 0 Å². The largest absolute Gasteiger partial charge is 0.308 e. The lowest BCUT2D eigenvalue weighted by Crippen LogP contribution is -2.08. The lowest BCUT2D eigenvalue weighted by Gasteiger charge is -2.25. The fraction of sp³-hybridized carbons (Fsp3) is 0. The van der Waals surface area contributed by atoms with Gasteiger partial charge in [-0.3, -0.25) is 9.13 Å². The van der Waals surface area contributed by atoms with Crippen molar-refractivity contribution >= 4 is 65.4 Å². The van der Waals surface area contributed by atoms with E-state index in [9.17, 15) is 0 Å². The SMILES string of the molecule is c1ccc2c(c1)-c1ccccc1-c1cc(-c3nc(-n4c5ccccc5c5ccccc54)cc(-n4c5ccccc5c5ccccc54)n3)c(-n3c4ccccc4c4ccccc43)cc1-c1ccccc1-2. The van der Waals surface area contributed by atoms with Crippen LogP contribution in [0.4, 0.5) is 0 Å². The van der Waals surface area contributed by atoms with Crippen LogP contribution in [0.25, 0.3) is 139 Å². The maximum atomic E-state index is 5.80. The number of hydrogen-bond acceptors (Lipinski definition) is 2. The van der Waals surface area contributed by atoms with Gasteiger partial charge in [0.25, 0.3) is 0 Å². The zero-order chi connectivity index (χ0) is 45.2. The van der Waals surface area contributed by atoms with Gasteiger partial charge in [0.05, 0.1) is 38.8 Å². The van der Waals surface area contributed by atoms with Crippen LogP contribution >= 0.6 is 0 Å². The van der Waals surface area contributed by atoms with Crippen LogP contribution < -0.4 is 0 Å². The Bertz CT molecular complexity index is 4160. The summed E-state index contributed by atoms with van der Waals surface area (Å²) in [6, 6.07) is 85.8. The minimum Gasteiger partial charge on any atom is -0.308 e. The van der Waals surface area contributed by atoms with E-state index < -0.39 is 0 Å². The summed E-state index contributed by atoms with van der Waals surface area (Å²) in [5.41, 5.74) is 17.9. The number of nitrogens with zero attached hydrogens (tertiary/aromatic N) is 5. The minimum absolute atomic E-state index is 0.624. The molecule has 0 saturated carbocycles. The zero-order valence-electron chi connectivity index (χ0n) is 37.3. The van der Waals surface area contributed by atoms with Crippen molar-refractivity contribution in [1.82, 2.24) is 23.7 Å². The van der Waals surface area contributed by atoms with Crippen LogP contribution in [0.3, 0.4) is 0 Å². The van der Waals surface area contributed by atoms with Crippen LogP contribution in [0.15, 0.2) is 237 Å². The molecule has 0 saturated heterocycles. The van der Waals surface area contributed by atoms with Gasteiger partial charge in [0.15, 0.2) is 5.82 Å². The van der Waals surface area contributed by atoms with Crippen molar-refractivity contribution in [2.24, 2.45) is 0 Å². The van der Waals surface area contributed by atoms with Crippen molar-refractivity contribution in [3.63, 3.8) is 0 Å². The predicted octanol–water partition coefficient (Wildman–Crippen LogP) is 16.4. The van der Waals surface area contributed by atoms with Crippen LogP contribution in [0.5, 0.6) is 0 Å². The highest BCUT2D eigenvalue weighted by atomic mass is 15.1. The second kappa shape index (κ2) is 14.6. The summed E-state index contributed by atoms with van der Waals surface area (Å²) in [5.74, 6) is 2.20. The topological polar surface area (TPSA) is 40.6 Å². The van der Waals surface area contributed by atoms with Crippen molar-refractivity contribution in [3.8, 4) is 73.2 Å². The van der Waals surface area contributed by atoms with Gasteiger partial charge in [0.2, 0.25) is 0 Å². The molecule has 69 heavy (non-hydrogen) atoms. The molecule has 1 aliphatic carbocycles. The van der Waals surface area contributed by atoms with Crippen LogP contribution in [-0.2, 0) is 0 Å². The normalized spacial score (nSPS) is 12.1. The summed E-state index contributed by atoms with van der Waals surface area (Å²) >= 11 is 0. The molecule has 14 aromatic rings. The summed E-state index contributed by atoms with van der Waals surface area (Å²) in [6.45, 7) is 0. The third kappa shape index (κ3) is 5.47. The van der Waals surface area contributed by atoms with E-state index in [1.165, 1.54) is 60.1 Å². The molecule has 0 radical (unpaired) electrons. The number of benzene rings is 10. The van der Waals surface area contributed by atoms with E-state index in [0.29, 0.717) is 5.82 Å². The van der Waals surface area contributed by atoms with E-state index in [1.54, 1.807) is 0 Å². The highest BCUT2D eigenvalue weighted by Gasteiger charge is 2.27. The van der Waals surface area contributed by atoms with Gasteiger partial charge in [-0.05, 0) is 93.0 Å². The summed E-state index contributed by atoms with van der Waals surface area (Å²) < 4.78 is 7.09. The van der Waals surface area contributed by atoms with Gasteiger partial charge < -0.3 is 4.57 Å². The van der Waals surface area contributed by atoms with Crippen LogP contribution in [0.2, 0.25) is 0 Å². The second-order valence-electron chi connectivity index (χ2n) is 18.1. The van der Waals surface area contributed by atoms with Gasteiger partial charge in [-0.15, -0.1) is 0 Å². The molecule has 320 valence electrons. The Morgan fingerprint density at radius 2 is 0.478 bits per heavy atom. The van der Waals surface area contributed by atoms with Crippen molar-refractivity contribution < 1.29 is 0 Å². The van der Waals surface area contributed by atoms with Crippen LogP contribution in [-0.4, -0.2) is 23.7 Å². The summed E-state index contributed by atoms with van der Waals surface area (Å²) in [6.07, 6.45) is 0. The maximum Gasteiger partial charge on any atom is 0.166 e. The molecule has 0 atom stereocenters. The molecule has 1 aliphatic rings. The number of rotatable bonds is 4. The first kappa shape index (κ1) is 37.9. The fourth-order valence-electron chi connectivity index (χ4n) is 11.5. The average molecular weight is 878 g/mol. The third-order valence-electron chi connectivity index (χ3n) is 14.5. The summed E-state index contributed by atoms with van der Waals surface area (Å²) in [4.78, 5) is 11.6. The molecule has 10 aromatic carbocycles. The van der Waals surface area contributed by atoms with Gasteiger partial charge in [0.1, 0.15) is 11.6 Å². The van der Waals surface area contributed by atoms with E-state index >= 15 is 0 Å². The first-order valence-electron chi connectivity index (χ1n) is 23.6. The highest BCUT2D eigenvalue weighted by Crippen LogP contribution is 2.50. The Hall–Kier alpha value is -9.32. The first-order valence-corrected chi connectivity index (χ1v) is 23.6. The van der Waals surface area contributed by atoms with Gasteiger partial charge >= 0.3 is 0 Å². The van der Waals surface area contributed by atoms with Gasteiger partial charge in [0, 0.05) is 43.9 Å². The van der Waals surface area contributed by atoms with E-state index in [1.807, 2.05) is 0 Å². The highest BCUT2D eigenvalue weighted by molar-refractivity contribution is 6.13. The van der Waals surface area contributed by atoms with E-state index in [0.717, 1.165) is 72.7 Å². The Labute approximate surface area is 397 Å². The molecule has 5 nitrogen and oxygen atoms in total. The molecule has 0 aliphatic heterocycles. The summed E-state index contributed by atoms with van der Waals surface area (Å²) in [5, 5.41) is 7.08. The molecule has 0 amide bonds. The molecular weight excluding hydrogens is 839 g/mol. The molecule has 0 spiro atoms. The summed E-state index contributed by atoms with van der Waals surface area (Å²) in [7, 11) is 0. The first-order chi connectivity index (χ1) is 34.3. The van der Waals surface area contributed by atoms with Crippen LogP contribution in [0, 0.1) is 0 Å². The second-order valence-corrected chi connectivity index (χ2v) is 18.1. The molecule has 4 aromatic heterocycles. The number of para-hydroxylation sites is 6. The molecule has 0 bridgehead atoms. The maximum absolute atomic E-state index is 5.80. The molecule has 0 fully saturated rings.